The van der Waals surface area contributed by atoms with Gasteiger partial charge in [0.1, 0.15) is 6.04 Å². The Morgan fingerprint density at radius 1 is 1.40 bits per heavy atom. The predicted octanol–water partition coefficient (Wildman–Crippen LogP) is 3.60. The SMILES string of the molecule is CCCCC(Nc1cc(C)nc2ccccc12)C(=O)O. The van der Waals surface area contributed by atoms with Crippen molar-refractivity contribution in [3.63, 3.8) is 0 Å². The summed E-state index contributed by atoms with van der Waals surface area (Å²) in [6, 6.07) is 9.12. The van der Waals surface area contributed by atoms with Crippen molar-refractivity contribution in [2.75, 3.05) is 5.32 Å². The van der Waals surface area contributed by atoms with Gasteiger partial charge < -0.3 is 10.4 Å². The number of hydrogen-bond donors (Lipinski definition) is 2. The molecular formula is C16H20N2O2. The Labute approximate surface area is 118 Å². The molecule has 0 aliphatic carbocycles. The molecule has 0 fully saturated rings. The van der Waals surface area contributed by atoms with E-state index in [1.54, 1.807) is 0 Å². The van der Waals surface area contributed by atoms with Crippen LogP contribution in [0.15, 0.2) is 30.3 Å². The summed E-state index contributed by atoms with van der Waals surface area (Å²) in [6.07, 6.45) is 2.51. The van der Waals surface area contributed by atoms with Gasteiger partial charge in [0, 0.05) is 16.8 Å². The fourth-order valence-corrected chi connectivity index (χ4v) is 2.28. The Bertz CT molecular complexity index is 610. The summed E-state index contributed by atoms with van der Waals surface area (Å²) < 4.78 is 0. The van der Waals surface area contributed by atoms with Crippen LogP contribution in [-0.2, 0) is 4.79 Å². The van der Waals surface area contributed by atoms with Crippen molar-refractivity contribution in [1.82, 2.24) is 4.98 Å². The molecule has 0 saturated carbocycles. The molecule has 2 N–H and O–H groups in total. The lowest BCUT2D eigenvalue weighted by Gasteiger charge is -2.17. The van der Waals surface area contributed by atoms with Gasteiger partial charge in [-0.25, -0.2) is 4.79 Å². The molecule has 1 atom stereocenters. The molecule has 0 radical (unpaired) electrons. The Morgan fingerprint density at radius 2 is 2.15 bits per heavy atom. The third-order valence-electron chi connectivity index (χ3n) is 3.32. The summed E-state index contributed by atoms with van der Waals surface area (Å²) in [4.78, 5) is 15.8. The number of hydrogen-bond acceptors (Lipinski definition) is 3. The first kappa shape index (κ1) is 14.3. The number of fused-ring (bicyclic) bond motifs is 1. The minimum absolute atomic E-state index is 0.555. The maximum atomic E-state index is 11.4. The van der Waals surface area contributed by atoms with E-state index < -0.39 is 12.0 Å². The maximum absolute atomic E-state index is 11.4. The van der Waals surface area contributed by atoms with Gasteiger partial charge >= 0.3 is 5.97 Å². The average molecular weight is 272 g/mol. The van der Waals surface area contributed by atoms with E-state index in [0.717, 1.165) is 35.1 Å². The van der Waals surface area contributed by atoms with E-state index in [4.69, 9.17) is 0 Å². The highest BCUT2D eigenvalue weighted by Gasteiger charge is 2.17. The molecule has 1 heterocycles. The fraction of sp³-hybridized carbons (Fsp3) is 0.375. The monoisotopic (exact) mass is 272 g/mol. The Balaban J connectivity index is 2.33. The second-order valence-electron chi connectivity index (χ2n) is 5.01. The van der Waals surface area contributed by atoms with Gasteiger partial charge in [-0.1, -0.05) is 38.0 Å². The lowest BCUT2D eigenvalue weighted by atomic mass is 10.1. The first-order chi connectivity index (χ1) is 9.61. The van der Waals surface area contributed by atoms with Crippen LogP contribution in [0.3, 0.4) is 0 Å². The number of pyridine rings is 1. The third kappa shape index (κ3) is 3.26. The van der Waals surface area contributed by atoms with Gasteiger partial charge in [0.05, 0.1) is 5.52 Å². The highest BCUT2D eigenvalue weighted by molar-refractivity contribution is 5.93. The molecule has 2 rings (SSSR count). The number of nitrogens with zero attached hydrogens (tertiary/aromatic N) is 1. The fourth-order valence-electron chi connectivity index (χ4n) is 2.28. The topological polar surface area (TPSA) is 62.2 Å². The van der Waals surface area contributed by atoms with Gasteiger partial charge in [0.2, 0.25) is 0 Å². The summed E-state index contributed by atoms with van der Waals surface area (Å²) in [7, 11) is 0. The van der Waals surface area contributed by atoms with Gasteiger partial charge in [0.15, 0.2) is 0 Å². The van der Waals surface area contributed by atoms with E-state index in [1.807, 2.05) is 37.3 Å². The molecule has 1 aromatic carbocycles. The molecule has 0 spiro atoms. The molecule has 0 amide bonds. The van der Waals surface area contributed by atoms with E-state index in [0.29, 0.717) is 6.42 Å². The van der Waals surface area contributed by atoms with Gasteiger partial charge in [-0.3, -0.25) is 4.98 Å². The number of para-hydroxylation sites is 1. The van der Waals surface area contributed by atoms with Crippen molar-refractivity contribution in [2.45, 2.75) is 39.2 Å². The Kier molecular flexibility index (Phi) is 4.56. The van der Waals surface area contributed by atoms with E-state index in [1.165, 1.54) is 0 Å². The molecule has 0 aliphatic heterocycles. The lowest BCUT2D eigenvalue weighted by Crippen LogP contribution is -2.29. The quantitative estimate of drug-likeness (QED) is 0.843. The second kappa shape index (κ2) is 6.37. The van der Waals surface area contributed by atoms with E-state index in [9.17, 15) is 9.90 Å². The molecule has 1 unspecified atom stereocenters. The summed E-state index contributed by atoms with van der Waals surface area (Å²) >= 11 is 0. The van der Waals surface area contributed by atoms with Crippen LogP contribution in [0.5, 0.6) is 0 Å². The minimum atomic E-state index is -0.808. The first-order valence-electron chi connectivity index (χ1n) is 6.97. The standard InChI is InChI=1S/C16H20N2O2/c1-3-4-8-14(16(19)20)18-15-10-11(2)17-13-9-6-5-7-12(13)15/h5-7,9-10,14H,3-4,8H2,1-2H3,(H,17,18)(H,19,20). The second-order valence-corrected chi connectivity index (χ2v) is 5.01. The van der Waals surface area contributed by atoms with Gasteiger partial charge in [-0.05, 0) is 25.5 Å². The molecule has 0 saturated heterocycles. The van der Waals surface area contributed by atoms with Crippen molar-refractivity contribution < 1.29 is 9.90 Å². The van der Waals surface area contributed by atoms with Crippen molar-refractivity contribution >= 4 is 22.6 Å². The number of aryl methyl sites for hydroxylation is 1. The van der Waals surface area contributed by atoms with Crippen LogP contribution in [0.2, 0.25) is 0 Å². The zero-order chi connectivity index (χ0) is 14.5. The molecule has 0 bridgehead atoms. The molecule has 0 aliphatic rings. The number of anilines is 1. The van der Waals surface area contributed by atoms with Crippen molar-refractivity contribution in [2.24, 2.45) is 0 Å². The van der Waals surface area contributed by atoms with E-state index in [2.05, 4.69) is 17.2 Å². The van der Waals surface area contributed by atoms with Crippen LogP contribution in [-0.4, -0.2) is 22.1 Å². The lowest BCUT2D eigenvalue weighted by molar-refractivity contribution is -0.138. The highest BCUT2D eigenvalue weighted by atomic mass is 16.4. The summed E-state index contributed by atoms with van der Waals surface area (Å²) in [5, 5.41) is 13.4. The number of aliphatic carboxylic acids is 1. The molecule has 106 valence electrons. The minimum Gasteiger partial charge on any atom is -0.480 e. The van der Waals surface area contributed by atoms with E-state index >= 15 is 0 Å². The van der Waals surface area contributed by atoms with Crippen LogP contribution in [0.25, 0.3) is 10.9 Å². The summed E-state index contributed by atoms with van der Waals surface area (Å²) in [5.41, 5.74) is 2.61. The summed E-state index contributed by atoms with van der Waals surface area (Å²) in [5.74, 6) is -0.808. The average Bonchev–Trinajstić information content (AvgIpc) is 2.42. The van der Waals surface area contributed by atoms with Crippen LogP contribution in [0, 0.1) is 6.92 Å². The smallest absolute Gasteiger partial charge is 0.326 e. The van der Waals surface area contributed by atoms with Crippen molar-refractivity contribution in [1.29, 1.82) is 0 Å². The van der Waals surface area contributed by atoms with Gasteiger partial charge in [-0.15, -0.1) is 0 Å². The van der Waals surface area contributed by atoms with Crippen LogP contribution >= 0.6 is 0 Å². The van der Waals surface area contributed by atoms with E-state index in [-0.39, 0.29) is 0 Å². The number of aromatic nitrogens is 1. The summed E-state index contributed by atoms with van der Waals surface area (Å²) in [6.45, 7) is 3.98. The molecule has 4 nitrogen and oxygen atoms in total. The highest BCUT2D eigenvalue weighted by Crippen LogP contribution is 2.24. The predicted molar refractivity (Wildman–Crippen MR) is 81.1 cm³/mol. The number of nitrogens with one attached hydrogen (secondary N) is 1. The van der Waals surface area contributed by atoms with Gasteiger partial charge in [-0.2, -0.15) is 0 Å². The Morgan fingerprint density at radius 3 is 2.85 bits per heavy atom. The largest absolute Gasteiger partial charge is 0.480 e. The number of carboxylic acid groups (broad SMARTS) is 1. The zero-order valence-electron chi connectivity index (χ0n) is 11.9. The number of carboxylic acids is 1. The third-order valence-corrected chi connectivity index (χ3v) is 3.32. The molecule has 2 aromatic rings. The normalized spacial score (nSPS) is 12.3. The van der Waals surface area contributed by atoms with Crippen LogP contribution in [0.1, 0.15) is 31.9 Å². The zero-order valence-corrected chi connectivity index (χ0v) is 11.9. The number of rotatable bonds is 6. The number of benzene rings is 1. The van der Waals surface area contributed by atoms with Crippen molar-refractivity contribution in [3.8, 4) is 0 Å². The molecular weight excluding hydrogens is 252 g/mol. The molecule has 4 heteroatoms. The van der Waals surface area contributed by atoms with Gasteiger partial charge in [0.25, 0.3) is 0 Å². The molecule has 1 aromatic heterocycles. The van der Waals surface area contributed by atoms with Crippen LogP contribution in [0.4, 0.5) is 5.69 Å². The number of carbonyl (C=O) groups is 1. The molecule has 20 heavy (non-hydrogen) atoms. The maximum Gasteiger partial charge on any atom is 0.326 e. The first-order valence-corrected chi connectivity index (χ1v) is 6.97. The van der Waals surface area contributed by atoms with Crippen molar-refractivity contribution in [3.05, 3.63) is 36.0 Å². The number of unbranched alkanes of at least 4 members (excludes halogenated alkanes) is 1. The Hall–Kier alpha value is -2.10. The van der Waals surface area contributed by atoms with Crippen LogP contribution < -0.4 is 5.32 Å².